The monoisotopic (exact) mass is 273 g/mol. The molecule has 0 saturated heterocycles. The highest BCUT2D eigenvalue weighted by Crippen LogP contribution is 2.27. The van der Waals surface area contributed by atoms with Crippen LogP contribution < -0.4 is 5.73 Å². The molecule has 2 unspecified atom stereocenters. The Bertz CT molecular complexity index is 403. The summed E-state index contributed by atoms with van der Waals surface area (Å²) < 4.78 is 18.8. The van der Waals surface area contributed by atoms with Crippen molar-refractivity contribution in [2.75, 3.05) is 7.11 Å². The third-order valence-corrected chi connectivity index (χ3v) is 3.41. The molecular weight excluding hydrogens is 253 g/mol. The molecule has 0 heterocycles. The van der Waals surface area contributed by atoms with Gasteiger partial charge in [0.15, 0.2) is 0 Å². The van der Waals surface area contributed by atoms with Crippen LogP contribution >= 0.6 is 11.6 Å². The summed E-state index contributed by atoms with van der Waals surface area (Å²) in [6, 6.07) is 4.55. The standard InChI is InChI=1S/C14H21ClFNO/c1-14(2,3)13(18-4)11(17)8-9-6-5-7-10(16)12(9)15/h5-7,11,13H,8,17H2,1-4H3. The van der Waals surface area contributed by atoms with Gasteiger partial charge in [-0.15, -0.1) is 0 Å². The van der Waals surface area contributed by atoms with Gasteiger partial charge in [-0.1, -0.05) is 44.5 Å². The summed E-state index contributed by atoms with van der Waals surface area (Å²) in [6.07, 6.45) is 0.378. The largest absolute Gasteiger partial charge is 0.379 e. The second-order valence-electron chi connectivity index (χ2n) is 5.60. The first-order chi connectivity index (χ1) is 8.27. The third-order valence-electron chi connectivity index (χ3n) is 2.98. The fraction of sp³-hybridized carbons (Fsp3) is 0.571. The summed E-state index contributed by atoms with van der Waals surface area (Å²) in [5.41, 5.74) is 6.80. The Labute approximate surface area is 113 Å². The molecule has 0 bridgehead atoms. The molecule has 2 N–H and O–H groups in total. The van der Waals surface area contributed by atoms with Crippen molar-refractivity contribution in [3.05, 3.63) is 34.6 Å². The van der Waals surface area contributed by atoms with Gasteiger partial charge in [-0.25, -0.2) is 4.39 Å². The van der Waals surface area contributed by atoms with Crippen LogP contribution in [0.25, 0.3) is 0 Å². The van der Waals surface area contributed by atoms with E-state index in [4.69, 9.17) is 22.1 Å². The summed E-state index contributed by atoms with van der Waals surface area (Å²) in [6.45, 7) is 6.19. The highest BCUT2D eigenvalue weighted by molar-refractivity contribution is 6.31. The first-order valence-electron chi connectivity index (χ1n) is 5.98. The summed E-state index contributed by atoms with van der Waals surface area (Å²) in [7, 11) is 1.64. The van der Waals surface area contributed by atoms with Crippen LogP contribution in [0.1, 0.15) is 26.3 Å². The zero-order valence-corrected chi connectivity index (χ0v) is 12.1. The first kappa shape index (κ1) is 15.4. The molecule has 0 aliphatic carbocycles. The van der Waals surface area contributed by atoms with E-state index in [1.54, 1.807) is 19.2 Å². The Balaban J connectivity index is 2.87. The van der Waals surface area contributed by atoms with Gasteiger partial charge in [-0.3, -0.25) is 0 Å². The number of ether oxygens (including phenoxy) is 1. The topological polar surface area (TPSA) is 35.2 Å². The lowest BCUT2D eigenvalue weighted by atomic mass is 9.83. The summed E-state index contributed by atoms with van der Waals surface area (Å²) in [4.78, 5) is 0. The fourth-order valence-corrected chi connectivity index (χ4v) is 2.44. The number of methoxy groups -OCH3 is 1. The molecule has 0 aliphatic heterocycles. The van der Waals surface area contributed by atoms with Gasteiger partial charge in [0, 0.05) is 13.2 Å². The molecule has 0 aromatic heterocycles. The Hall–Kier alpha value is -0.640. The van der Waals surface area contributed by atoms with Crippen molar-refractivity contribution in [2.45, 2.75) is 39.3 Å². The van der Waals surface area contributed by atoms with Crippen molar-refractivity contribution in [2.24, 2.45) is 11.1 Å². The van der Waals surface area contributed by atoms with E-state index in [1.807, 2.05) is 0 Å². The maximum Gasteiger partial charge on any atom is 0.142 e. The number of hydrogen-bond donors (Lipinski definition) is 1. The molecular formula is C14H21ClFNO. The fourth-order valence-electron chi connectivity index (χ4n) is 2.24. The molecule has 1 rings (SSSR count). The van der Waals surface area contributed by atoms with Crippen LogP contribution in [0.3, 0.4) is 0 Å². The molecule has 18 heavy (non-hydrogen) atoms. The van der Waals surface area contributed by atoms with E-state index in [2.05, 4.69) is 20.8 Å². The average Bonchev–Trinajstić information content (AvgIpc) is 2.23. The average molecular weight is 274 g/mol. The van der Waals surface area contributed by atoms with E-state index in [0.29, 0.717) is 6.42 Å². The molecule has 2 nitrogen and oxygen atoms in total. The van der Waals surface area contributed by atoms with Crippen LogP contribution in [0.2, 0.25) is 5.02 Å². The van der Waals surface area contributed by atoms with Gasteiger partial charge in [-0.2, -0.15) is 0 Å². The maximum absolute atomic E-state index is 13.3. The lowest BCUT2D eigenvalue weighted by molar-refractivity contribution is -0.00166. The number of nitrogens with two attached hydrogens (primary N) is 1. The second kappa shape index (κ2) is 6.00. The summed E-state index contributed by atoms with van der Waals surface area (Å²) in [5, 5.41) is 0.150. The molecule has 0 spiro atoms. The van der Waals surface area contributed by atoms with Gasteiger partial charge in [0.2, 0.25) is 0 Å². The van der Waals surface area contributed by atoms with Crippen molar-refractivity contribution in [3.63, 3.8) is 0 Å². The lowest BCUT2D eigenvalue weighted by Gasteiger charge is -2.34. The molecule has 0 saturated carbocycles. The molecule has 102 valence electrons. The van der Waals surface area contributed by atoms with Crippen molar-refractivity contribution < 1.29 is 9.13 Å². The smallest absolute Gasteiger partial charge is 0.142 e. The molecule has 1 aromatic carbocycles. The predicted molar refractivity (Wildman–Crippen MR) is 73.3 cm³/mol. The van der Waals surface area contributed by atoms with E-state index in [-0.39, 0.29) is 22.6 Å². The van der Waals surface area contributed by atoms with Crippen LogP contribution in [0.5, 0.6) is 0 Å². The van der Waals surface area contributed by atoms with Crippen LogP contribution in [0, 0.1) is 11.2 Å². The first-order valence-corrected chi connectivity index (χ1v) is 6.36. The minimum atomic E-state index is -0.411. The Kier molecular flexibility index (Phi) is 5.14. The number of hydrogen-bond acceptors (Lipinski definition) is 2. The van der Waals surface area contributed by atoms with Crippen molar-refractivity contribution in [3.8, 4) is 0 Å². The highest BCUT2D eigenvalue weighted by atomic mass is 35.5. The van der Waals surface area contributed by atoms with Gasteiger partial charge in [0.1, 0.15) is 5.82 Å². The molecule has 0 fully saturated rings. The van der Waals surface area contributed by atoms with Crippen molar-refractivity contribution >= 4 is 11.6 Å². The van der Waals surface area contributed by atoms with Gasteiger partial charge < -0.3 is 10.5 Å². The zero-order valence-electron chi connectivity index (χ0n) is 11.3. The number of rotatable bonds is 4. The normalized spacial score (nSPS) is 15.5. The van der Waals surface area contributed by atoms with E-state index >= 15 is 0 Å². The second-order valence-corrected chi connectivity index (χ2v) is 5.98. The molecule has 0 aliphatic rings. The van der Waals surface area contributed by atoms with E-state index in [1.165, 1.54) is 6.07 Å². The lowest BCUT2D eigenvalue weighted by Crippen LogP contribution is -2.46. The molecule has 0 amide bonds. The minimum Gasteiger partial charge on any atom is -0.379 e. The Morgan fingerprint density at radius 2 is 2.00 bits per heavy atom. The maximum atomic E-state index is 13.3. The van der Waals surface area contributed by atoms with Gasteiger partial charge in [0.05, 0.1) is 11.1 Å². The van der Waals surface area contributed by atoms with Crippen LogP contribution in [-0.2, 0) is 11.2 Å². The number of benzene rings is 1. The predicted octanol–water partition coefficient (Wildman–Crippen LogP) is 3.41. The van der Waals surface area contributed by atoms with E-state index in [9.17, 15) is 4.39 Å². The molecule has 0 radical (unpaired) electrons. The van der Waals surface area contributed by atoms with E-state index < -0.39 is 5.82 Å². The minimum absolute atomic E-state index is 0.0754. The van der Waals surface area contributed by atoms with Crippen LogP contribution in [0.4, 0.5) is 4.39 Å². The molecule has 4 heteroatoms. The van der Waals surface area contributed by atoms with Gasteiger partial charge >= 0.3 is 0 Å². The SMILES string of the molecule is COC(C(N)Cc1cccc(F)c1Cl)C(C)(C)C. The van der Waals surface area contributed by atoms with E-state index in [0.717, 1.165) is 5.56 Å². The summed E-state index contributed by atoms with van der Waals surface area (Å²) >= 11 is 5.93. The molecule has 2 atom stereocenters. The third kappa shape index (κ3) is 3.67. The number of halogens is 2. The van der Waals surface area contributed by atoms with Crippen molar-refractivity contribution in [1.29, 1.82) is 0 Å². The van der Waals surface area contributed by atoms with Gasteiger partial charge in [-0.05, 0) is 23.5 Å². The quantitative estimate of drug-likeness (QED) is 0.912. The Morgan fingerprint density at radius 3 is 2.50 bits per heavy atom. The van der Waals surface area contributed by atoms with Crippen LogP contribution in [-0.4, -0.2) is 19.3 Å². The van der Waals surface area contributed by atoms with Crippen molar-refractivity contribution in [1.82, 2.24) is 0 Å². The summed E-state index contributed by atoms with van der Waals surface area (Å²) in [5.74, 6) is -0.411. The Morgan fingerprint density at radius 1 is 1.39 bits per heavy atom. The zero-order chi connectivity index (χ0) is 13.9. The highest BCUT2D eigenvalue weighted by Gasteiger charge is 2.30. The van der Waals surface area contributed by atoms with Crippen LogP contribution in [0.15, 0.2) is 18.2 Å². The molecule has 1 aromatic rings. The van der Waals surface area contributed by atoms with Gasteiger partial charge in [0.25, 0.3) is 0 Å².